The van der Waals surface area contributed by atoms with Crippen LogP contribution in [-0.2, 0) is 11.4 Å². The molecule has 0 aliphatic carbocycles. The fraction of sp³-hybridized carbons (Fsp3) is 0.533. The molecule has 1 amide bonds. The number of aliphatic hydroxyl groups excluding tert-OH is 1. The van der Waals surface area contributed by atoms with Crippen molar-refractivity contribution in [3.8, 4) is 5.75 Å². The lowest BCUT2D eigenvalue weighted by molar-refractivity contribution is -0.117. The second-order valence-electron chi connectivity index (χ2n) is 4.83. The zero-order chi connectivity index (χ0) is 14.3. The van der Waals surface area contributed by atoms with Gasteiger partial charge in [0, 0.05) is 17.7 Å². The van der Waals surface area contributed by atoms with Gasteiger partial charge in [0.05, 0.1) is 13.7 Å². The van der Waals surface area contributed by atoms with E-state index in [-0.39, 0.29) is 12.5 Å². The minimum atomic E-state index is -0.112. The van der Waals surface area contributed by atoms with E-state index in [1.807, 2.05) is 0 Å². The largest absolute Gasteiger partial charge is 0.496 e. The van der Waals surface area contributed by atoms with Crippen LogP contribution >= 0.6 is 0 Å². The summed E-state index contributed by atoms with van der Waals surface area (Å²) in [7, 11) is 1.55. The Morgan fingerprint density at radius 2 is 2.21 bits per heavy atom. The number of carbonyl (C=O) groups excluding carboxylic acids is 1. The Balaban J connectivity index is 2.64. The van der Waals surface area contributed by atoms with Crippen LogP contribution in [-0.4, -0.2) is 18.1 Å². The van der Waals surface area contributed by atoms with E-state index in [0.29, 0.717) is 29.3 Å². The van der Waals surface area contributed by atoms with Crippen LogP contribution in [0.15, 0.2) is 18.2 Å². The first-order chi connectivity index (χ1) is 9.10. The number of benzene rings is 1. The summed E-state index contributed by atoms with van der Waals surface area (Å²) in [6.07, 6.45) is 2.66. The normalized spacial score (nSPS) is 12.0. The molecule has 1 aromatic carbocycles. The van der Waals surface area contributed by atoms with Crippen molar-refractivity contribution < 1.29 is 14.6 Å². The summed E-state index contributed by atoms with van der Waals surface area (Å²) >= 11 is 0. The van der Waals surface area contributed by atoms with Crippen LogP contribution in [0.4, 0.5) is 5.69 Å². The van der Waals surface area contributed by atoms with Gasteiger partial charge in [-0.05, 0) is 24.1 Å². The Morgan fingerprint density at radius 1 is 1.47 bits per heavy atom. The van der Waals surface area contributed by atoms with Gasteiger partial charge in [-0.25, -0.2) is 0 Å². The Kier molecular flexibility index (Phi) is 6.36. The van der Waals surface area contributed by atoms with E-state index in [4.69, 9.17) is 4.74 Å². The van der Waals surface area contributed by atoms with Crippen LogP contribution in [0.25, 0.3) is 0 Å². The van der Waals surface area contributed by atoms with Crippen molar-refractivity contribution in [1.82, 2.24) is 0 Å². The van der Waals surface area contributed by atoms with Crippen molar-refractivity contribution in [3.05, 3.63) is 23.8 Å². The third kappa shape index (κ3) is 4.91. The van der Waals surface area contributed by atoms with Gasteiger partial charge in [-0.3, -0.25) is 4.79 Å². The molecule has 19 heavy (non-hydrogen) atoms. The SMILES string of the molecule is CCCC(C)CC(=O)Nc1ccc(OC)c(CO)c1. The number of carbonyl (C=O) groups is 1. The topological polar surface area (TPSA) is 58.6 Å². The van der Waals surface area contributed by atoms with E-state index in [2.05, 4.69) is 19.2 Å². The van der Waals surface area contributed by atoms with Crippen molar-refractivity contribution in [1.29, 1.82) is 0 Å². The number of rotatable bonds is 7. The van der Waals surface area contributed by atoms with Gasteiger partial charge in [0.15, 0.2) is 0 Å². The van der Waals surface area contributed by atoms with E-state index in [1.165, 1.54) is 0 Å². The predicted octanol–water partition coefficient (Wildman–Crippen LogP) is 2.95. The summed E-state index contributed by atoms with van der Waals surface area (Å²) in [4.78, 5) is 11.8. The van der Waals surface area contributed by atoms with Gasteiger partial charge < -0.3 is 15.2 Å². The predicted molar refractivity (Wildman–Crippen MR) is 76.2 cm³/mol. The zero-order valence-electron chi connectivity index (χ0n) is 11.9. The number of ether oxygens (including phenoxy) is 1. The Labute approximate surface area is 114 Å². The number of anilines is 1. The minimum absolute atomic E-state index is 0.00927. The maximum atomic E-state index is 11.8. The Morgan fingerprint density at radius 3 is 2.79 bits per heavy atom. The monoisotopic (exact) mass is 265 g/mol. The average molecular weight is 265 g/mol. The van der Waals surface area contributed by atoms with Crippen molar-refractivity contribution in [2.24, 2.45) is 5.92 Å². The van der Waals surface area contributed by atoms with Gasteiger partial charge in [-0.1, -0.05) is 26.7 Å². The lowest BCUT2D eigenvalue weighted by Gasteiger charge is -2.12. The summed E-state index contributed by atoms with van der Waals surface area (Å²) in [5, 5.41) is 12.1. The molecule has 1 unspecified atom stereocenters. The van der Waals surface area contributed by atoms with Crippen molar-refractivity contribution in [2.45, 2.75) is 39.7 Å². The molecule has 0 aliphatic heterocycles. The molecule has 106 valence electrons. The molecule has 0 heterocycles. The van der Waals surface area contributed by atoms with Gasteiger partial charge in [0.1, 0.15) is 5.75 Å². The number of amides is 1. The molecule has 0 fully saturated rings. The highest BCUT2D eigenvalue weighted by atomic mass is 16.5. The van der Waals surface area contributed by atoms with Crippen LogP contribution in [0.1, 0.15) is 38.7 Å². The minimum Gasteiger partial charge on any atom is -0.496 e. The van der Waals surface area contributed by atoms with Crippen LogP contribution in [0.3, 0.4) is 0 Å². The van der Waals surface area contributed by atoms with E-state index in [0.717, 1.165) is 12.8 Å². The molecular formula is C15H23NO3. The fourth-order valence-electron chi connectivity index (χ4n) is 2.10. The maximum Gasteiger partial charge on any atom is 0.224 e. The smallest absolute Gasteiger partial charge is 0.224 e. The third-order valence-electron chi connectivity index (χ3n) is 3.05. The third-order valence-corrected chi connectivity index (χ3v) is 3.05. The summed E-state index contributed by atoms with van der Waals surface area (Å²) in [5.41, 5.74) is 1.36. The van der Waals surface area contributed by atoms with E-state index in [9.17, 15) is 9.90 Å². The number of aliphatic hydroxyl groups is 1. The first-order valence-corrected chi connectivity index (χ1v) is 6.68. The number of nitrogens with one attached hydrogen (secondary N) is 1. The van der Waals surface area contributed by atoms with Gasteiger partial charge in [0.25, 0.3) is 0 Å². The van der Waals surface area contributed by atoms with E-state index in [1.54, 1.807) is 25.3 Å². The summed E-state index contributed by atoms with van der Waals surface area (Å²) in [6, 6.07) is 5.26. The molecule has 1 aromatic rings. The molecule has 0 spiro atoms. The highest BCUT2D eigenvalue weighted by Crippen LogP contribution is 2.23. The molecule has 4 nitrogen and oxygen atoms in total. The first kappa shape index (κ1) is 15.5. The summed E-state index contributed by atoms with van der Waals surface area (Å²) < 4.78 is 5.12. The molecule has 0 radical (unpaired) electrons. The molecule has 4 heteroatoms. The average Bonchev–Trinajstić information content (AvgIpc) is 2.38. The molecule has 0 saturated heterocycles. The molecule has 0 saturated carbocycles. The molecular weight excluding hydrogens is 242 g/mol. The molecule has 2 N–H and O–H groups in total. The van der Waals surface area contributed by atoms with Crippen molar-refractivity contribution >= 4 is 11.6 Å². The second kappa shape index (κ2) is 7.79. The molecule has 0 aromatic heterocycles. The zero-order valence-corrected chi connectivity index (χ0v) is 11.9. The quantitative estimate of drug-likeness (QED) is 0.797. The number of methoxy groups -OCH3 is 1. The lowest BCUT2D eigenvalue weighted by Crippen LogP contribution is -2.15. The van der Waals surface area contributed by atoms with Crippen molar-refractivity contribution in [3.63, 3.8) is 0 Å². The van der Waals surface area contributed by atoms with Gasteiger partial charge in [0.2, 0.25) is 5.91 Å². The molecule has 1 atom stereocenters. The fourth-order valence-corrected chi connectivity index (χ4v) is 2.10. The molecule has 1 rings (SSSR count). The lowest BCUT2D eigenvalue weighted by atomic mass is 10.0. The van der Waals surface area contributed by atoms with Gasteiger partial charge >= 0.3 is 0 Å². The number of hydrogen-bond acceptors (Lipinski definition) is 3. The summed E-state index contributed by atoms with van der Waals surface area (Å²) in [5.74, 6) is 1.02. The van der Waals surface area contributed by atoms with Crippen LogP contribution in [0.5, 0.6) is 5.75 Å². The van der Waals surface area contributed by atoms with Crippen LogP contribution in [0.2, 0.25) is 0 Å². The highest BCUT2D eigenvalue weighted by Gasteiger charge is 2.10. The number of hydrogen-bond donors (Lipinski definition) is 2. The highest BCUT2D eigenvalue weighted by molar-refractivity contribution is 5.91. The van der Waals surface area contributed by atoms with Crippen LogP contribution < -0.4 is 10.1 Å². The maximum absolute atomic E-state index is 11.8. The first-order valence-electron chi connectivity index (χ1n) is 6.68. The van der Waals surface area contributed by atoms with E-state index < -0.39 is 0 Å². The Hall–Kier alpha value is -1.55. The van der Waals surface area contributed by atoms with E-state index >= 15 is 0 Å². The molecule has 0 aliphatic rings. The van der Waals surface area contributed by atoms with Crippen molar-refractivity contribution in [2.75, 3.05) is 12.4 Å². The van der Waals surface area contributed by atoms with Gasteiger partial charge in [-0.15, -0.1) is 0 Å². The molecule has 0 bridgehead atoms. The second-order valence-corrected chi connectivity index (χ2v) is 4.83. The summed E-state index contributed by atoms with van der Waals surface area (Å²) in [6.45, 7) is 4.08. The standard InChI is InChI=1S/C15H23NO3/c1-4-5-11(2)8-15(18)16-13-6-7-14(19-3)12(9-13)10-17/h6-7,9,11,17H,4-5,8,10H2,1-3H3,(H,16,18). The van der Waals surface area contributed by atoms with Gasteiger partial charge in [-0.2, -0.15) is 0 Å². The Bertz CT molecular complexity index is 418. The van der Waals surface area contributed by atoms with Crippen LogP contribution in [0, 0.1) is 5.92 Å².